The summed E-state index contributed by atoms with van der Waals surface area (Å²) in [7, 11) is 1.60. The Balaban J connectivity index is 1.42. The zero-order chi connectivity index (χ0) is 19.8. The number of nitrogens with one attached hydrogen (secondary N) is 1. The van der Waals surface area contributed by atoms with Gasteiger partial charge in [-0.05, 0) is 31.0 Å². The van der Waals surface area contributed by atoms with E-state index < -0.39 is 0 Å². The van der Waals surface area contributed by atoms with Crippen molar-refractivity contribution in [3.63, 3.8) is 0 Å². The van der Waals surface area contributed by atoms with Crippen LogP contribution in [-0.4, -0.2) is 66.8 Å². The van der Waals surface area contributed by atoms with Crippen molar-refractivity contribution in [3.05, 3.63) is 36.9 Å². The molecule has 4 aromatic heterocycles. The molecule has 1 saturated carbocycles. The third kappa shape index (κ3) is 3.26. The maximum atomic E-state index is 8.83. The second kappa shape index (κ2) is 7.30. The highest BCUT2D eigenvalue weighted by Gasteiger charge is 2.30. The molecule has 10 nitrogen and oxygen atoms in total. The number of aliphatic hydroxyl groups is 1. The van der Waals surface area contributed by atoms with Crippen molar-refractivity contribution in [2.45, 2.75) is 25.0 Å². The van der Waals surface area contributed by atoms with E-state index in [1.54, 1.807) is 16.1 Å². The number of pyridine rings is 1. The molecule has 1 aliphatic rings. The van der Waals surface area contributed by atoms with Crippen LogP contribution in [0.25, 0.3) is 22.3 Å². The van der Waals surface area contributed by atoms with E-state index in [0.29, 0.717) is 18.4 Å². The van der Waals surface area contributed by atoms with Gasteiger partial charge in [-0.1, -0.05) is 0 Å². The third-order valence-electron chi connectivity index (χ3n) is 5.13. The summed E-state index contributed by atoms with van der Waals surface area (Å²) >= 11 is 0. The highest BCUT2D eigenvalue weighted by atomic mass is 16.5. The summed E-state index contributed by atoms with van der Waals surface area (Å²) in [6.45, 7) is 0.422. The Kier molecular flexibility index (Phi) is 4.49. The quantitative estimate of drug-likeness (QED) is 0.483. The van der Waals surface area contributed by atoms with Gasteiger partial charge < -0.3 is 19.9 Å². The predicted molar refractivity (Wildman–Crippen MR) is 105 cm³/mol. The minimum atomic E-state index is 0.0470. The lowest BCUT2D eigenvalue weighted by Crippen LogP contribution is -2.41. The van der Waals surface area contributed by atoms with Crippen LogP contribution in [0.4, 0.5) is 5.95 Å². The number of nitrogens with zero attached hydrogens (tertiary/aromatic N) is 6. The molecule has 4 heterocycles. The number of anilines is 1. The number of rotatable bonds is 7. The minimum Gasteiger partial charge on any atom is -0.479 e. The average molecular weight is 395 g/mol. The molecule has 5 rings (SSSR count). The predicted octanol–water partition coefficient (Wildman–Crippen LogP) is 1.40. The SMILES string of the molecule is COc1nc(N[C@H]2C[C@@H](OCCO)C2)nn2ccc(-c3ccc4ncnn4c3)c12. The zero-order valence-corrected chi connectivity index (χ0v) is 15.9. The summed E-state index contributed by atoms with van der Waals surface area (Å²) in [6, 6.07) is 6.13. The maximum absolute atomic E-state index is 8.83. The topological polar surface area (TPSA) is 111 Å². The van der Waals surface area contributed by atoms with Gasteiger partial charge in [0.15, 0.2) is 5.65 Å². The van der Waals surface area contributed by atoms with E-state index in [1.165, 1.54) is 6.33 Å². The first-order chi connectivity index (χ1) is 14.2. The summed E-state index contributed by atoms with van der Waals surface area (Å²) in [5, 5.41) is 21.0. The molecular weight excluding hydrogens is 374 g/mol. The lowest BCUT2D eigenvalue weighted by atomic mass is 9.89. The molecule has 4 aromatic rings. The molecule has 0 amide bonds. The van der Waals surface area contributed by atoms with Crippen LogP contribution in [0.3, 0.4) is 0 Å². The van der Waals surface area contributed by atoms with E-state index in [4.69, 9.17) is 14.6 Å². The number of hydrogen-bond donors (Lipinski definition) is 2. The smallest absolute Gasteiger partial charge is 0.244 e. The zero-order valence-electron chi connectivity index (χ0n) is 15.9. The maximum Gasteiger partial charge on any atom is 0.244 e. The Morgan fingerprint density at radius 3 is 2.97 bits per heavy atom. The van der Waals surface area contributed by atoms with E-state index in [-0.39, 0.29) is 18.8 Å². The Hall–Kier alpha value is -3.24. The molecule has 0 atom stereocenters. The molecule has 0 aliphatic heterocycles. The molecule has 0 radical (unpaired) electrons. The molecule has 0 aromatic carbocycles. The highest BCUT2D eigenvalue weighted by Crippen LogP contribution is 2.32. The van der Waals surface area contributed by atoms with Crippen LogP contribution in [0.5, 0.6) is 5.88 Å². The minimum absolute atomic E-state index is 0.0470. The van der Waals surface area contributed by atoms with Gasteiger partial charge in [-0.25, -0.2) is 14.0 Å². The number of ether oxygens (including phenoxy) is 2. The average Bonchev–Trinajstić information content (AvgIpc) is 3.35. The fourth-order valence-corrected chi connectivity index (χ4v) is 3.63. The van der Waals surface area contributed by atoms with Crippen molar-refractivity contribution in [2.75, 3.05) is 25.6 Å². The van der Waals surface area contributed by atoms with E-state index in [9.17, 15) is 0 Å². The van der Waals surface area contributed by atoms with Crippen LogP contribution >= 0.6 is 0 Å². The summed E-state index contributed by atoms with van der Waals surface area (Å²) in [5.74, 6) is 1.00. The van der Waals surface area contributed by atoms with Crippen LogP contribution in [0.1, 0.15) is 12.8 Å². The second-order valence-electron chi connectivity index (χ2n) is 6.98. The summed E-state index contributed by atoms with van der Waals surface area (Å²) < 4.78 is 14.6. The van der Waals surface area contributed by atoms with Crippen molar-refractivity contribution < 1.29 is 14.6 Å². The van der Waals surface area contributed by atoms with Gasteiger partial charge in [0.1, 0.15) is 11.8 Å². The van der Waals surface area contributed by atoms with Gasteiger partial charge in [0, 0.05) is 29.6 Å². The van der Waals surface area contributed by atoms with Gasteiger partial charge in [-0.15, -0.1) is 5.10 Å². The number of methoxy groups -OCH3 is 1. The first-order valence-electron chi connectivity index (χ1n) is 9.47. The van der Waals surface area contributed by atoms with Crippen molar-refractivity contribution in [1.82, 2.24) is 29.2 Å². The third-order valence-corrected chi connectivity index (χ3v) is 5.13. The lowest BCUT2D eigenvalue weighted by Gasteiger charge is -2.35. The van der Waals surface area contributed by atoms with Crippen molar-refractivity contribution in [3.8, 4) is 17.0 Å². The first-order valence-corrected chi connectivity index (χ1v) is 9.47. The molecule has 2 N–H and O–H groups in total. The Morgan fingerprint density at radius 2 is 2.14 bits per heavy atom. The van der Waals surface area contributed by atoms with Gasteiger partial charge in [0.25, 0.3) is 0 Å². The van der Waals surface area contributed by atoms with Gasteiger partial charge in [-0.2, -0.15) is 10.1 Å². The number of fused-ring (bicyclic) bond motifs is 2. The van der Waals surface area contributed by atoms with Crippen LogP contribution in [0.15, 0.2) is 36.9 Å². The molecular formula is C19H21N7O3. The van der Waals surface area contributed by atoms with E-state index in [0.717, 1.165) is 35.1 Å². The number of hydrogen-bond acceptors (Lipinski definition) is 8. The Bertz CT molecular complexity index is 1150. The van der Waals surface area contributed by atoms with Crippen LogP contribution < -0.4 is 10.1 Å². The summed E-state index contributed by atoms with van der Waals surface area (Å²) in [6.07, 6.45) is 7.23. The second-order valence-corrected chi connectivity index (χ2v) is 6.98. The Labute approximate surface area is 166 Å². The molecule has 10 heteroatoms. The van der Waals surface area contributed by atoms with E-state index in [2.05, 4.69) is 25.5 Å². The van der Waals surface area contributed by atoms with Gasteiger partial charge in [0.05, 0.1) is 26.4 Å². The normalized spacial score (nSPS) is 18.8. The molecule has 150 valence electrons. The molecule has 0 saturated heterocycles. The standard InChI is InChI=1S/C19H21N7O3/c1-28-18-17-15(12-2-3-16-20-11-21-26(16)10-12)4-5-25(17)24-19(23-18)22-13-8-14(9-13)29-7-6-27/h2-5,10-11,13-14,27H,6-9H2,1H3,(H,22,24)/t13-,14+. The monoisotopic (exact) mass is 395 g/mol. The number of aromatic nitrogens is 6. The van der Waals surface area contributed by atoms with Crippen molar-refractivity contribution >= 4 is 17.1 Å². The molecule has 0 bridgehead atoms. The Morgan fingerprint density at radius 1 is 1.24 bits per heavy atom. The van der Waals surface area contributed by atoms with Crippen LogP contribution in [-0.2, 0) is 4.74 Å². The summed E-state index contributed by atoms with van der Waals surface area (Å²) in [5.41, 5.74) is 3.49. The van der Waals surface area contributed by atoms with Crippen molar-refractivity contribution in [1.29, 1.82) is 0 Å². The van der Waals surface area contributed by atoms with Crippen LogP contribution in [0.2, 0.25) is 0 Å². The van der Waals surface area contributed by atoms with Crippen molar-refractivity contribution in [2.24, 2.45) is 0 Å². The fourth-order valence-electron chi connectivity index (χ4n) is 3.63. The molecule has 0 unspecified atom stereocenters. The molecule has 0 spiro atoms. The van der Waals surface area contributed by atoms with Gasteiger partial charge >= 0.3 is 0 Å². The molecule has 1 aliphatic carbocycles. The van der Waals surface area contributed by atoms with E-state index >= 15 is 0 Å². The summed E-state index contributed by atoms with van der Waals surface area (Å²) in [4.78, 5) is 8.74. The molecule has 1 fully saturated rings. The number of aliphatic hydroxyl groups excluding tert-OH is 1. The highest BCUT2D eigenvalue weighted by molar-refractivity contribution is 5.84. The van der Waals surface area contributed by atoms with Gasteiger partial charge in [-0.3, -0.25) is 0 Å². The first kappa shape index (κ1) is 17.8. The fraction of sp³-hybridized carbons (Fsp3) is 0.368. The molecule has 29 heavy (non-hydrogen) atoms. The lowest BCUT2D eigenvalue weighted by molar-refractivity contribution is -0.0196. The largest absolute Gasteiger partial charge is 0.479 e. The van der Waals surface area contributed by atoms with Crippen LogP contribution in [0, 0.1) is 0 Å². The van der Waals surface area contributed by atoms with E-state index in [1.807, 2.05) is 30.6 Å². The van der Waals surface area contributed by atoms with Gasteiger partial charge in [0.2, 0.25) is 11.8 Å².